The average molecular weight is 450 g/mol. The van der Waals surface area contributed by atoms with Gasteiger partial charge in [0.25, 0.3) is 0 Å². The summed E-state index contributed by atoms with van der Waals surface area (Å²) in [6.45, 7) is 7.80. The van der Waals surface area contributed by atoms with E-state index in [4.69, 9.17) is 10.1 Å². The molecule has 1 heterocycles. The van der Waals surface area contributed by atoms with E-state index in [0.29, 0.717) is 29.2 Å². The maximum absolute atomic E-state index is 12.6. The lowest BCUT2D eigenvalue weighted by molar-refractivity contribution is -0.157. The molecular formula is C27H35N3O3. The summed E-state index contributed by atoms with van der Waals surface area (Å²) in [5.74, 6) is 1.92. The lowest BCUT2D eigenvalue weighted by Crippen LogP contribution is -2.55. The Hall–Kier alpha value is -2.42. The molecule has 1 unspecified atom stereocenters. The molecule has 6 heteroatoms. The molecule has 1 N–H and O–H groups in total. The zero-order valence-corrected chi connectivity index (χ0v) is 20.2. The number of ether oxygens (including phenoxy) is 1. The van der Waals surface area contributed by atoms with Gasteiger partial charge in [0, 0.05) is 25.0 Å². The molecule has 176 valence electrons. The molecule has 3 saturated carbocycles. The van der Waals surface area contributed by atoms with Crippen molar-refractivity contribution in [2.75, 3.05) is 0 Å². The van der Waals surface area contributed by atoms with Crippen LogP contribution in [0.5, 0.6) is 0 Å². The monoisotopic (exact) mass is 449 g/mol. The van der Waals surface area contributed by atoms with Gasteiger partial charge in [0.1, 0.15) is 17.7 Å². The standard InChI is InChI=1S/C27H35N3O3/c1-15(31)30-24-17(11-18(14-28)25(30)29)12-23-21-6-5-19-13-20(33-16(2)32)7-9-26(19,3)22(21)8-10-27(23,24)4/h11,19-23,29H,5-10,12-13H2,1-4H3/t19?,20-,21+,22-,23-,26-,27-/m0/s1. The maximum atomic E-state index is 12.6. The SMILES string of the molecule is CC(=O)O[C@H]1CC[C@@]2(C)C(CC[C@@H]3[C@@H]2CC[C@]2(C)c4c(cc(C#N)c(=N)n4C(C)=O)C[C@@H]32)C1. The quantitative estimate of drug-likeness (QED) is 0.639. The smallest absolute Gasteiger partial charge is 0.302 e. The first-order valence-corrected chi connectivity index (χ1v) is 12.5. The molecule has 3 fully saturated rings. The third-order valence-electron chi connectivity index (χ3n) is 10.1. The molecule has 33 heavy (non-hydrogen) atoms. The minimum absolute atomic E-state index is 0.0345. The molecule has 0 spiro atoms. The molecule has 7 atom stereocenters. The lowest BCUT2D eigenvalue weighted by Gasteiger charge is -2.60. The number of pyridine rings is 1. The Kier molecular flexibility index (Phi) is 5.12. The van der Waals surface area contributed by atoms with Gasteiger partial charge in [-0.2, -0.15) is 5.26 Å². The summed E-state index contributed by atoms with van der Waals surface area (Å²) in [5, 5.41) is 18.1. The van der Waals surface area contributed by atoms with E-state index in [-0.39, 0.29) is 34.3 Å². The van der Waals surface area contributed by atoms with Gasteiger partial charge in [-0.15, -0.1) is 0 Å². The minimum atomic E-state index is -0.170. The van der Waals surface area contributed by atoms with Crippen LogP contribution in [0.4, 0.5) is 0 Å². The highest BCUT2D eigenvalue weighted by atomic mass is 16.5. The van der Waals surface area contributed by atoms with Crippen LogP contribution in [-0.2, 0) is 21.4 Å². The summed E-state index contributed by atoms with van der Waals surface area (Å²) in [7, 11) is 0. The number of carbonyl (C=O) groups is 2. The van der Waals surface area contributed by atoms with E-state index in [0.717, 1.165) is 56.2 Å². The molecule has 4 aliphatic carbocycles. The average Bonchev–Trinajstić information content (AvgIpc) is 3.05. The largest absolute Gasteiger partial charge is 0.463 e. The fourth-order valence-electron chi connectivity index (χ4n) is 8.65. The summed E-state index contributed by atoms with van der Waals surface area (Å²) in [6, 6.07) is 4.02. The Morgan fingerprint density at radius 2 is 1.91 bits per heavy atom. The number of fused-ring (bicyclic) bond motifs is 7. The van der Waals surface area contributed by atoms with Gasteiger partial charge in [-0.3, -0.25) is 19.6 Å². The van der Waals surface area contributed by atoms with Crippen LogP contribution in [0.3, 0.4) is 0 Å². The predicted octanol–water partition coefficient (Wildman–Crippen LogP) is 4.49. The maximum Gasteiger partial charge on any atom is 0.302 e. The fraction of sp³-hybridized carbons (Fsp3) is 0.704. The fourth-order valence-corrected chi connectivity index (χ4v) is 8.65. The lowest BCUT2D eigenvalue weighted by atomic mass is 9.45. The second-order valence-electron chi connectivity index (χ2n) is 11.6. The Labute approximate surface area is 195 Å². The normalized spacial score (nSPS) is 38.8. The first-order valence-electron chi connectivity index (χ1n) is 12.5. The molecule has 0 bridgehead atoms. The molecule has 0 saturated heterocycles. The predicted molar refractivity (Wildman–Crippen MR) is 122 cm³/mol. The summed E-state index contributed by atoms with van der Waals surface area (Å²) in [6.07, 6.45) is 8.49. The van der Waals surface area contributed by atoms with Gasteiger partial charge < -0.3 is 4.74 Å². The first-order chi connectivity index (χ1) is 15.6. The van der Waals surface area contributed by atoms with E-state index in [1.807, 2.05) is 6.07 Å². The van der Waals surface area contributed by atoms with E-state index in [2.05, 4.69) is 19.9 Å². The van der Waals surface area contributed by atoms with Crippen molar-refractivity contribution in [1.29, 1.82) is 10.7 Å². The molecule has 1 aromatic rings. The molecule has 0 aliphatic heterocycles. The van der Waals surface area contributed by atoms with Crippen molar-refractivity contribution in [3.05, 3.63) is 28.4 Å². The van der Waals surface area contributed by atoms with E-state index < -0.39 is 0 Å². The van der Waals surface area contributed by atoms with E-state index >= 15 is 0 Å². The molecule has 0 aromatic carbocycles. The highest BCUT2D eigenvalue weighted by Gasteiger charge is 2.60. The van der Waals surface area contributed by atoms with Crippen LogP contribution in [0, 0.1) is 45.8 Å². The van der Waals surface area contributed by atoms with Crippen molar-refractivity contribution < 1.29 is 14.3 Å². The van der Waals surface area contributed by atoms with Crippen molar-refractivity contribution in [2.45, 2.75) is 90.6 Å². The van der Waals surface area contributed by atoms with Crippen molar-refractivity contribution in [3.8, 4) is 6.07 Å². The summed E-state index contributed by atoms with van der Waals surface area (Å²) in [5.41, 5.74) is 2.55. The zero-order chi connectivity index (χ0) is 23.7. The van der Waals surface area contributed by atoms with Crippen LogP contribution < -0.4 is 5.49 Å². The summed E-state index contributed by atoms with van der Waals surface area (Å²) < 4.78 is 7.13. The van der Waals surface area contributed by atoms with Crippen molar-refractivity contribution in [2.24, 2.45) is 29.1 Å². The zero-order valence-electron chi connectivity index (χ0n) is 20.2. The number of rotatable bonds is 1. The van der Waals surface area contributed by atoms with Crippen LogP contribution in [-0.4, -0.2) is 22.5 Å². The van der Waals surface area contributed by atoms with E-state index in [1.165, 1.54) is 24.8 Å². The van der Waals surface area contributed by atoms with Gasteiger partial charge in [-0.05, 0) is 92.1 Å². The first kappa shape index (κ1) is 22.4. The number of nitrogens with zero attached hydrogens (tertiary/aromatic N) is 2. The number of nitrogens with one attached hydrogen (secondary N) is 1. The number of hydrogen-bond acceptors (Lipinski definition) is 5. The number of hydrogen-bond donors (Lipinski definition) is 1. The molecule has 5 rings (SSSR count). The minimum Gasteiger partial charge on any atom is -0.463 e. The number of nitriles is 1. The molecule has 1 aromatic heterocycles. The van der Waals surface area contributed by atoms with Crippen LogP contribution in [0.25, 0.3) is 0 Å². The second-order valence-corrected chi connectivity index (χ2v) is 11.6. The van der Waals surface area contributed by atoms with E-state index in [9.17, 15) is 14.9 Å². The van der Waals surface area contributed by atoms with Gasteiger partial charge in [0.05, 0.1) is 5.56 Å². The Balaban J connectivity index is 1.49. The number of carbonyl (C=O) groups excluding carboxylic acids is 2. The molecule has 0 radical (unpaired) electrons. The van der Waals surface area contributed by atoms with Crippen LogP contribution >= 0.6 is 0 Å². The van der Waals surface area contributed by atoms with Gasteiger partial charge in [0.15, 0.2) is 0 Å². The Bertz CT molecular complexity index is 1130. The Morgan fingerprint density at radius 1 is 1.15 bits per heavy atom. The molecule has 6 nitrogen and oxygen atoms in total. The molecular weight excluding hydrogens is 414 g/mol. The number of esters is 1. The van der Waals surface area contributed by atoms with E-state index in [1.54, 1.807) is 0 Å². The van der Waals surface area contributed by atoms with Crippen molar-refractivity contribution in [3.63, 3.8) is 0 Å². The topological polar surface area (TPSA) is 95.9 Å². The van der Waals surface area contributed by atoms with Crippen LogP contribution in [0.1, 0.15) is 94.3 Å². The molecule has 0 amide bonds. The van der Waals surface area contributed by atoms with Gasteiger partial charge in [0.2, 0.25) is 5.91 Å². The Morgan fingerprint density at radius 3 is 2.58 bits per heavy atom. The summed E-state index contributed by atoms with van der Waals surface area (Å²) >= 11 is 0. The number of aromatic nitrogens is 1. The molecule has 4 aliphatic rings. The highest BCUT2D eigenvalue weighted by Crippen LogP contribution is 2.65. The highest BCUT2D eigenvalue weighted by molar-refractivity contribution is 5.78. The van der Waals surface area contributed by atoms with Gasteiger partial charge in [-0.25, -0.2) is 0 Å². The van der Waals surface area contributed by atoms with Crippen molar-refractivity contribution in [1.82, 2.24) is 4.57 Å². The van der Waals surface area contributed by atoms with Crippen LogP contribution in [0.2, 0.25) is 0 Å². The van der Waals surface area contributed by atoms with Gasteiger partial charge >= 0.3 is 5.97 Å². The summed E-state index contributed by atoms with van der Waals surface area (Å²) in [4.78, 5) is 24.1. The van der Waals surface area contributed by atoms with Crippen molar-refractivity contribution >= 4 is 11.9 Å². The third kappa shape index (κ3) is 3.15. The second kappa shape index (κ2) is 7.55. The van der Waals surface area contributed by atoms with Crippen LogP contribution in [0.15, 0.2) is 6.07 Å². The van der Waals surface area contributed by atoms with Gasteiger partial charge in [-0.1, -0.05) is 13.8 Å². The third-order valence-corrected chi connectivity index (χ3v) is 10.1.